The summed E-state index contributed by atoms with van der Waals surface area (Å²) in [5, 5.41) is 3.52. The number of benzene rings is 2. The van der Waals surface area contributed by atoms with Crippen LogP contribution in [0.3, 0.4) is 0 Å². The van der Waals surface area contributed by atoms with E-state index in [0.29, 0.717) is 11.4 Å². The zero-order valence-electron chi connectivity index (χ0n) is 11.2. The van der Waals surface area contributed by atoms with Crippen molar-refractivity contribution in [1.29, 1.82) is 0 Å². The van der Waals surface area contributed by atoms with Gasteiger partial charge in [-0.3, -0.25) is 4.79 Å². The lowest BCUT2D eigenvalue weighted by Gasteiger charge is -2.20. The van der Waals surface area contributed by atoms with Crippen LogP contribution in [0.4, 0.5) is 5.69 Å². The molecule has 1 unspecified atom stereocenters. The summed E-state index contributed by atoms with van der Waals surface area (Å²) in [5.74, 6) is 0.0644. The van der Waals surface area contributed by atoms with Crippen LogP contribution >= 0.6 is 27.5 Å². The number of halogens is 2. The summed E-state index contributed by atoms with van der Waals surface area (Å²) in [7, 11) is 0. The molecule has 5 heteroatoms. The highest BCUT2D eigenvalue weighted by atomic mass is 79.9. The maximum atomic E-state index is 11.4. The molecule has 0 radical (unpaired) electrons. The second-order valence-electron chi connectivity index (χ2n) is 5.11. The van der Waals surface area contributed by atoms with Gasteiger partial charge < -0.3 is 11.1 Å². The first-order valence-electron chi connectivity index (χ1n) is 6.68. The van der Waals surface area contributed by atoms with Crippen molar-refractivity contribution in [3.05, 3.63) is 62.6 Å². The van der Waals surface area contributed by atoms with E-state index in [2.05, 4.69) is 27.3 Å². The molecule has 0 aromatic heterocycles. The Morgan fingerprint density at radius 1 is 1.19 bits per heavy atom. The van der Waals surface area contributed by atoms with E-state index < -0.39 is 0 Å². The molecule has 0 aliphatic carbocycles. The average molecular weight is 366 g/mol. The number of anilines is 1. The van der Waals surface area contributed by atoms with Crippen molar-refractivity contribution in [2.45, 2.75) is 18.9 Å². The molecule has 0 bridgehead atoms. The minimum atomic E-state index is -0.294. The summed E-state index contributed by atoms with van der Waals surface area (Å²) in [6.07, 6.45) is 1.26. The second-order valence-corrected chi connectivity index (χ2v) is 6.43. The van der Waals surface area contributed by atoms with Crippen LogP contribution in [0, 0.1) is 0 Å². The van der Waals surface area contributed by atoms with Gasteiger partial charge >= 0.3 is 0 Å². The largest absolute Gasteiger partial charge is 0.326 e. The number of carbonyl (C=O) groups excluding carboxylic acids is 1. The van der Waals surface area contributed by atoms with Crippen LogP contribution in [0.25, 0.3) is 0 Å². The van der Waals surface area contributed by atoms with Crippen LogP contribution in [0.15, 0.2) is 40.9 Å². The van der Waals surface area contributed by atoms with E-state index in [1.54, 1.807) is 0 Å². The third-order valence-corrected chi connectivity index (χ3v) is 4.51. The first-order valence-corrected chi connectivity index (χ1v) is 7.85. The lowest BCUT2D eigenvalue weighted by atomic mass is 9.94. The Morgan fingerprint density at radius 3 is 2.81 bits per heavy atom. The van der Waals surface area contributed by atoms with Crippen LogP contribution in [0.1, 0.15) is 29.2 Å². The van der Waals surface area contributed by atoms with E-state index >= 15 is 0 Å². The van der Waals surface area contributed by atoms with Gasteiger partial charge in [0.25, 0.3) is 0 Å². The number of hydrogen-bond donors (Lipinski definition) is 2. The monoisotopic (exact) mass is 364 g/mol. The third kappa shape index (κ3) is 2.98. The maximum absolute atomic E-state index is 11.4. The molecule has 0 fully saturated rings. The Kier molecular flexibility index (Phi) is 4.02. The second kappa shape index (κ2) is 5.79. The minimum Gasteiger partial charge on any atom is -0.326 e. The molecular weight excluding hydrogens is 352 g/mol. The Labute approximate surface area is 136 Å². The molecule has 1 heterocycles. The lowest BCUT2D eigenvalue weighted by Crippen LogP contribution is -2.20. The molecule has 1 aliphatic rings. The number of nitrogens with one attached hydrogen (secondary N) is 1. The molecular formula is C16H14BrClN2O. The molecule has 3 rings (SSSR count). The highest BCUT2D eigenvalue weighted by molar-refractivity contribution is 9.10. The highest BCUT2D eigenvalue weighted by Crippen LogP contribution is 2.32. The van der Waals surface area contributed by atoms with E-state index in [1.807, 2.05) is 30.3 Å². The molecule has 21 heavy (non-hydrogen) atoms. The van der Waals surface area contributed by atoms with E-state index in [9.17, 15) is 4.79 Å². The summed E-state index contributed by atoms with van der Waals surface area (Å²) in [6, 6.07) is 11.3. The molecule has 0 spiro atoms. The number of amides is 1. The van der Waals surface area contributed by atoms with Gasteiger partial charge in [0.15, 0.2) is 0 Å². The lowest BCUT2D eigenvalue weighted by molar-refractivity contribution is -0.116. The predicted octanol–water partition coefficient (Wildman–Crippen LogP) is 4.04. The molecule has 1 aliphatic heterocycles. The fourth-order valence-electron chi connectivity index (χ4n) is 2.53. The SMILES string of the molecule is NC(c1ccc2c(c1)CCC(=O)N2)c1cc(Br)ccc1Cl. The molecule has 108 valence electrons. The zero-order chi connectivity index (χ0) is 15.0. The first kappa shape index (κ1) is 14.6. The van der Waals surface area contributed by atoms with Crippen LogP contribution in [0.5, 0.6) is 0 Å². The number of rotatable bonds is 2. The van der Waals surface area contributed by atoms with E-state index in [0.717, 1.165) is 33.3 Å². The van der Waals surface area contributed by atoms with Gasteiger partial charge in [-0.25, -0.2) is 0 Å². The van der Waals surface area contributed by atoms with Gasteiger partial charge in [0.2, 0.25) is 5.91 Å². The van der Waals surface area contributed by atoms with Gasteiger partial charge in [0, 0.05) is 21.6 Å². The Bertz CT molecular complexity index is 717. The van der Waals surface area contributed by atoms with Gasteiger partial charge in [-0.1, -0.05) is 39.7 Å². The topological polar surface area (TPSA) is 55.1 Å². The minimum absolute atomic E-state index is 0.0644. The van der Waals surface area contributed by atoms with Gasteiger partial charge in [-0.05, 0) is 47.4 Å². The fraction of sp³-hybridized carbons (Fsp3) is 0.188. The van der Waals surface area contributed by atoms with E-state index in [1.165, 1.54) is 0 Å². The summed E-state index contributed by atoms with van der Waals surface area (Å²) >= 11 is 9.69. The number of fused-ring (bicyclic) bond motifs is 1. The van der Waals surface area contributed by atoms with Crippen LogP contribution in [0.2, 0.25) is 5.02 Å². The van der Waals surface area contributed by atoms with Gasteiger partial charge in [-0.2, -0.15) is 0 Å². The Balaban J connectivity index is 1.97. The normalized spacial score (nSPS) is 15.3. The van der Waals surface area contributed by atoms with Crippen molar-refractivity contribution in [2.75, 3.05) is 5.32 Å². The van der Waals surface area contributed by atoms with Crippen molar-refractivity contribution >= 4 is 39.1 Å². The van der Waals surface area contributed by atoms with E-state index in [-0.39, 0.29) is 11.9 Å². The summed E-state index contributed by atoms with van der Waals surface area (Å²) < 4.78 is 0.947. The standard InChI is InChI=1S/C16H14BrClN2O/c17-11-3-4-13(18)12(8-11)16(19)10-1-5-14-9(7-10)2-6-15(21)20-14/h1,3-5,7-8,16H,2,6,19H2,(H,20,21). The van der Waals surface area contributed by atoms with Crippen LogP contribution < -0.4 is 11.1 Å². The summed E-state index contributed by atoms with van der Waals surface area (Å²) in [6.45, 7) is 0. The highest BCUT2D eigenvalue weighted by Gasteiger charge is 2.18. The third-order valence-electron chi connectivity index (χ3n) is 3.68. The number of carbonyl (C=O) groups is 1. The van der Waals surface area contributed by atoms with Gasteiger partial charge in [-0.15, -0.1) is 0 Å². The molecule has 1 atom stereocenters. The Morgan fingerprint density at radius 2 is 2.00 bits per heavy atom. The fourth-order valence-corrected chi connectivity index (χ4v) is 3.14. The molecule has 0 saturated heterocycles. The predicted molar refractivity (Wildman–Crippen MR) is 88.6 cm³/mol. The molecule has 1 amide bonds. The molecule has 3 nitrogen and oxygen atoms in total. The van der Waals surface area contributed by atoms with Crippen LogP contribution in [-0.4, -0.2) is 5.91 Å². The first-order chi connectivity index (χ1) is 10.0. The van der Waals surface area contributed by atoms with Gasteiger partial charge in [0.05, 0.1) is 6.04 Å². The van der Waals surface area contributed by atoms with Crippen molar-refractivity contribution in [1.82, 2.24) is 0 Å². The number of aryl methyl sites for hydroxylation is 1. The molecule has 2 aromatic rings. The molecule has 0 saturated carbocycles. The smallest absolute Gasteiger partial charge is 0.224 e. The zero-order valence-corrected chi connectivity index (χ0v) is 13.5. The van der Waals surface area contributed by atoms with Crippen molar-refractivity contribution in [2.24, 2.45) is 5.73 Å². The van der Waals surface area contributed by atoms with E-state index in [4.69, 9.17) is 17.3 Å². The molecule has 2 aromatic carbocycles. The van der Waals surface area contributed by atoms with Crippen molar-refractivity contribution in [3.63, 3.8) is 0 Å². The number of hydrogen-bond acceptors (Lipinski definition) is 2. The van der Waals surface area contributed by atoms with Crippen LogP contribution in [-0.2, 0) is 11.2 Å². The van der Waals surface area contributed by atoms with Gasteiger partial charge in [0.1, 0.15) is 0 Å². The van der Waals surface area contributed by atoms with Crippen molar-refractivity contribution < 1.29 is 4.79 Å². The quantitative estimate of drug-likeness (QED) is 0.844. The average Bonchev–Trinajstić information content (AvgIpc) is 2.48. The number of nitrogens with two attached hydrogens (primary N) is 1. The summed E-state index contributed by atoms with van der Waals surface area (Å²) in [5.41, 5.74) is 10.2. The maximum Gasteiger partial charge on any atom is 0.224 e. The Hall–Kier alpha value is -1.36. The summed E-state index contributed by atoms with van der Waals surface area (Å²) in [4.78, 5) is 11.4. The molecule has 3 N–H and O–H groups in total. The van der Waals surface area contributed by atoms with Crippen molar-refractivity contribution in [3.8, 4) is 0 Å².